The molecule has 6 rings (SSSR count). The van der Waals surface area contributed by atoms with Crippen molar-refractivity contribution in [2.24, 2.45) is 52.1 Å². The predicted octanol–water partition coefficient (Wildman–Crippen LogP) is 3.17. The van der Waals surface area contributed by atoms with Gasteiger partial charge < -0.3 is 51.7 Å². The largest absolute Gasteiger partial charge is 0.392 e. The van der Waals surface area contributed by atoms with Crippen LogP contribution in [0.1, 0.15) is 112 Å². The topological polar surface area (TPSA) is 198 Å². The third kappa shape index (κ3) is 7.09. The Bertz CT molecular complexity index is 1440. The van der Waals surface area contributed by atoms with E-state index in [0.717, 1.165) is 24.8 Å². The molecule has 0 spiro atoms. The zero-order chi connectivity index (χ0) is 38.7. The first-order chi connectivity index (χ1) is 24.9. The van der Waals surface area contributed by atoms with Crippen molar-refractivity contribution in [2.75, 3.05) is 13.2 Å². The van der Waals surface area contributed by atoms with Crippen LogP contribution in [0.5, 0.6) is 0 Å². The number of rotatable bonds is 13. The second kappa shape index (κ2) is 15.3. The Balaban J connectivity index is 1.35. The summed E-state index contributed by atoms with van der Waals surface area (Å²) in [5.41, 5.74) is 3.18. The molecule has 53 heavy (non-hydrogen) atoms. The highest BCUT2D eigenvalue weighted by atomic mass is 16.5. The van der Waals surface area contributed by atoms with E-state index >= 15 is 0 Å². The molecule has 300 valence electrons. The Kier molecular flexibility index (Phi) is 11.7. The molecule has 1 saturated heterocycles. The van der Waals surface area contributed by atoms with Crippen LogP contribution in [0.4, 0.5) is 0 Å². The van der Waals surface area contributed by atoms with Crippen molar-refractivity contribution in [1.29, 1.82) is 0 Å². The second-order valence-corrected chi connectivity index (χ2v) is 18.9. The maximum atomic E-state index is 14.9. The molecule has 2 aliphatic heterocycles. The summed E-state index contributed by atoms with van der Waals surface area (Å²) in [7, 11) is 0. The molecule has 3 saturated carbocycles. The van der Waals surface area contributed by atoms with E-state index in [0.29, 0.717) is 61.8 Å². The number of allylic oxidation sites excluding steroid dienone is 3. The van der Waals surface area contributed by atoms with Gasteiger partial charge in [-0.1, -0.05) is 46.6 Å². The van der Waals surface area contributed by atoms with Gasteiger partial charge in [-0.05, 0) is 124 Å². The minimum atomic E-state index is -1.59. The molecular formula is C42H69N3O8. The Morgan fingerprint density at radius 3 is 2.53 bits per heavy atom. The van der Waals surface area contributed by atoms with Gasteiger partial charge in [0, 0.05) is 24.1 Å². The molecule has 0 aromatic rings. The average Bonchev–Trinajstić information content (AvgIpc) is 3.60. The van der Waals surface area contributed by atoms with Gasteiger partial charge in [0.1, 0.15) is 6.10 Å². The van der Waals surface area contributed by atoms with E-state index in [1.165, 1.54) is 0 Å². The summed E-state index contributed by atoms with van der Waals surface area (Å²) in [6.45, 7) is 12.6. The third-order valence-electron chi connectivity index (χ3n) is 15.2. The number of fused-ring (bicyclic) bond motifs is 5. The second-order valence-electron chi connectivity index (χ2n) is 18.9. The van der Waals surface area contributed by atoms with E-state index in [2.05, 4.69) is 31.4 Å². The zero-order valence-electron chi connectivity index (χ0n) is 32.9. The van der Waals surface area contributed by atoms with E-state index in [4.69, 9.17) is 10.5 Å². The van der Waals surface area contributed by atoms with Gasteiger partial charge in [-0.2, -0.15) is 0 Å². The number of hydrogen-bond donors (Lipinski definition) is 9. The number of aliphatic hydroxyl groups excluding tert-OH is 4. The minimum Gasteiger partial charge on any atom is -0.392 e. The molecule has 0 aromatic heterocycles. The molecule has 11 nitrogen and oxygen atoms in total. The molecule has 10 N–H and O–H groups in total. The number of dihydropyridines is 1. The number of aliphatic hydroxyl groups is 6. The van der Waals surface area contributed by atoms with Crippen molar-refractivity contribution in [3.63, 3.8) is 0 Å². The Labute approximate surface area is 316 Å². The first-order valence-corrected chi connectivity index (χ1v) is 20.6. The molecule has 0 radical (unpaired) electrons. The van der Waals surface area contributed by atoms with E-state index in [9.17, 15) is 35.4 Å². The SMILES string of the molecule is CC(C)CCCC1COC(C(O)C(C)(O)C2CCC3(O)C4=C(NCC(C)O)C(=O)C5CC(O)C(O)CC5(CCC5=CNC(N)C=C5)C4CCC23C)C1C. The molecule has 15 unspecified atom stereocenters. The number of carbonyl (C=O) groups excluding carboxylic acids is 1. The van der Waals surface area contributed by atoms with Crippen molar-refractivity contribution in [3.8, 4) is 0 Å². The number of ketones is 1. The molecule has 6 aliphatic rings. The van der Waals surface area contributed by atoms with Crippen molar-refractivity contribution in [1.82, 2.24) is 10.6 Å². The van der Waals surface area contributed by atoms with Gasteiger partial charge in [0.25, 0.3) is 0 Å². The normalized spacial score (nSPS) is 43.4. The van der Waals surface area contributed by atoms with Gasteiger partial charge in [0.2, 0.25) is 0 Å². The van der Waals surface area contributed by atoms with Crippen molar-refractivity contribution in [2.45, 2.75) is 160 Å². The number of nitrogens with two attached hydrogens (primary N) is 1. The standard InChI is InChI=1S/C42H69N3O8/c1-23(2)8-7-9-27-22-53-37(25(27)4)38(50)40(6,51)32-14-17-42(52)34-28(13-15-39(32,42)5)41(16-12-26-10-11-33(43)44-21-26)19-31(48)30(47)18-29(41)36(49)35(34)45-20-24(3)46/h10-11,21,23-25,27-33,37-38,44-48,50-52H,7-9,12-20,22,43H2,1-6H3. The molecule has 15 atom stereocenters. The fourth-order valence-corrected chi connectivity index (χ4v) is 12.0. The molecular weight excluding hydrogens is 674 g/mol. The summed E-state index contributed by atoms with van der Waals surface area (Å²) in [5, 5.41) is 76.9. The van der Waals surface area contributed by atoms with Crippen molar-refractivity contribution >= 4 is 5.78 Å². The van der Waals surface area contributed by atoms with Crippen LogP contribution >= 0.6 is 0 Å². The van der Waals surface area contributed by atoms with E-state index in [-0.39, 0.29) is 49.6 Å². The molecule has 2 heterocycles. The smallest absolute Gasteiger partial charge is 0.182 e. The Morgan fingerprint density at radius 1 is 1.13 bits per heavy atom. The molecule has 4 fully saturated rings. The van der Waals surface area contributed by atoms with Gasteiger partial charge in [0.15, 0.2) is 5.78 Å². The lowest BCUT2D eigenvalue weighted by molar-refractivity contribution is -0.196. The molecule has 0 amide bonds. The maximum absolute atomic E-state index is 14.9. The zero-order valence-corrected chi connectivity index (χ0v) is 32.9. The summed E-state index contributed by atoms with van der Waals surface area (Å²) < 4.78 is 6.26. The number of carbonyl (C=O) groups is 1. The predicted molar refractivity (Wildman–Crippen MR) is 203 cm³/mol. The third-order valence-corrected chi connectivity index (χ3v) is 15.2. The van der Waals surface area contributed by atoms with Crippen LogP contribution in [0.25, 0.3) is 0 Å². The monoisotopic (exact) mass is 744 g/mol. The van der Waals surface area contributed by atoms with Crippen LogP contribution in [0, 0.1) is 46.3 Å². The average molecular weight is 744 g/mol. The first kappa shape index (κ1) is 40.8. The summed E-state index contributed by atoms with van der Waals surface area (Å²) in [6, 6.07) is 0. The highest BCUT2D eigenvalue weighted by Crippen LogP contribution is 2.70. The Hall–Kier alpha value is -1.83. The van der Waals surface area contributed by atoms with E-state index in [1.807, 2.05) is 25.3 Å². The summed E-state index contributed by atoms with van der Waals surface area (Å²) >= 11 is 0. The number of Topliss-reactive ketones (excluding diaryl/α,β-unsaturated/α-hetero) is 1. The lowest BCUT2D eigenvalue weighted by Crippen LogP contribution is -2.65. The summed E-state index contributed by atoms with van der Waals surface area (Å²) in [5.74, 6) is -0.621. The number of hydrogen-bond acceptors (Lipinski definition) is 11. The van der Waals surface area contributed by atoms with Gasteiger partial charge in [-0.25, -0.2) is 0 Å². The lowest BCUT2D eigenvalue weighted by atomic mass is 9.43. The fourth-order valence-electron chi connectivity index (χ4n) is 12.0. The van der Waals surface area contributed by atoms with Gasteiger partial charge in [-0.15, -0.1) is 0 Å². The quantitative estimate of drug-likeness (QED) is 0.134. The minimum absolute atomic E-state index is 0.0624. The van der Waals surface area contributed by atoms with Crippen LogP contribution in [-0.2, 0) is 9.53 Å². The highest BCUT2D eigenvalue weighted by molar-refractivity contribution is 6.00. The first-order valence-electron chi connectivity index (χ1n) is 20.6. The molecule has 11 heteroatoms. The van der Waals surface area contributed by atoms with Crippen LogP contribution in [-0.4, -0.2) is 97.5 Å². The van der Waals surface area contributed by atoms with Gasteiger partial charge in [0.05, 0.1) is 54.1 Å². The van der Waals surface area contributed by atoms with Crippen molar-refractivity contribution in [3.05, 3.63) is 35.2 Å². The van der Waals surface area contributed by atoms with Crippen LogP contribution < -0.4 is 16.4 Å². The highest BCUT2D eigenvalue weighted by Gasteiger charge is 2.71. The van der Waals surface area contributed by atoms with Gasteiger partial charge in [-0.3, -0.25) is 4.79 Å². The van der Waals surface area contributed by atoms with Crippen LogP contribution in [0.3, 0.4) is 0 Å². The fraction of sp³-hybridized carbons (Fsp3) is 0.833. The maximum Gasteiger partial charge on any atom is 0.182 e. The summed E-state index contributed by atoms with van der Waals surface area (Å²) in [6.07, 6.45) is 7.55. The van der Waals surface area contributed by atoms with Gasteiger partial charge >= 0.3 is 0 Å². The summed E-state index contributed by atoms with van der Waals surface area (Å²) in [4.78, 5) is 14.9. The Morgan fingerprint density at radius 2 is 1.87 bits per heavy atom. The number of nitrogens with one attached hydrogen (secondary N) is 2. The van der Waals surface area contributed by atoms with Crippen molar-refractivity contribution < 1.29 is 40.2 Å². The number of ether oxygens (including phenoxy) is 1. The molecule has 4 aliphatic carbocycles. The van der Waals surface area contributed by atoms with E-state index in [1.54, 1.807) is 13.8 Å². The lowest BCUT2D eigenvalue weighted by Gasteiger charge is -2.62. The van der Waals surface area contributed by atoms with E-state index < -0.39 is 64.4 Å². The molecule has 0 bridgehead atoms. The molecule has 0 aromatic carbocycles. The van der Waals surface area contributed by atoms with Crippen LogP contribution in [0.15, 0.2) is 35.2 Å². The van der Waals surface area contributed by atoms with Crippen LogP contribution in [0.2, 0.25) is 0 Å².